The Morgan fingerprint density at radius 2 is 1.95 bits per heavy atom. The van der Waals surface area contributed by atoms with Gasteiger partial charge in [0.1, 0.15) is 5.82 Å². The van der Waals surface area contributed by atoms with E-state index in [2.05, 4.69) is 50.5 Å². The molecule has 2 aromatic rings. The van der Waals surface area contributed by atoms with E-state index in [9.17, 15) is 0 Å². The number of nitrogens with zero attached hydrogens (tertiary/aromatic N) is 2. The summed E-state index contributed by atoms with van der Waals surface area (Å²) in [4.78, 5) is 4.86. The Bertz CT molecular complexity index is 569. The molecule has 1 atom stereocenters. The summed E-state index contributed by atoms with van der Waals surface area (Å²) in [7, 11) is 0. The lowest BCUT2D eigenvalue weighted by Gasteiger charge is -2.15. The van der Waals surface area contributed by atoms with Crippen LogP contribution in [0.2, 0.25) is 0 Å². The van der Waals surface area contributed by atoms with Gasteiger partial charge in [0, 0.05) is 12.5 Å². The van der Waals surface area contributed by atoms with Crippen LogP contribution in [-0.4, -0.2) is 16.1 Å². The fourth-order valence-corrected chi connectivity index (χ4v) is 2.82. The van der Waals surface area contributed by atoms with Crippen molar-refractivity contribution in [2.45, 2.75) is 53.0 Å². The van der Waals surface area contributed by atoms with Crippen molar-refractivity contribution in [3.05, 3.63) is 29.6 Å². The van der Waals surface area contributed by atoms with Crippen LogP contribution in [0.15, 0.2) is 18.2 Å². The molecule has 2 N–H and O–H groups in total. The first-order chi connectivity index (χ1) is 9.52. The van der Waals surface area contributed by atoms with E-state index in [-0.39, 0.29) is 0 Å². The second-order valence-electron chi connectivity index (χ2n) is 6.21. The zero-order chi connectivity index (χ0) is 14.7. The fraction of sp³-hybridized carbons (Fsp3) is 0.588. The van der Waals surface area contributed by atoms with Crippen molar-refractivity contribution in [3.8, 4) is 0 Å². The molecule has 20 heavy (non-hydrogen) atoms. The molecule has 0 bridgehead atoms. The van der Waals surface area contributed by atoms with Gasteiger partial charge in [-0.15, -0.1) is 0 Å². The zero-order valence-corrected chi connectivity index (χ0v) is 13.2. The van der Waals surface area contributed by atoms with Crippen LogP contribution < -0.4 is 5.73 Å². The molecule has 0 saturated heterocycles. The van der Waals surface area contributed by atoms with Gasteiger partial charge in [0.15, 0.2) is 0 Å². The Hall–Kier alpha value is -1.35. The molecule has 1 unspecified atom stereocenters. The molecule has 1 heterocycles. The highest BCUT2D eigenvalue weighted by Crippen LogP contribution is 2.24. The molecule has 110 valence electrons. The first kappa shape index (κ1) is 15.0. The minimum atomic E-state index is 0.447. The monoisotopic (exact) mass is 273 g/mol. The van der Waals surface area contributed by atoms with Crippen molar-refractivity contribution >= 4 is 11.0 Å². The quantitative estimate of drug-likeness (QED) is 0.869. The summed E-state index contributed by atoms with van der Waals surface area (Å²) in [5.74, 6) is 1.88. The lowest BCUT2D eigenvalue weighted by atomic mass is 10.0. The Morgan fingerprint density at radius 3 is 2.60 bits per heavy atom. The van der Waals surface area contributed by atoms with Gasteiger partial charge in [0.05, 0.1) is 11.0 Å². The van der Waals surface area contributed by atoms with Crippen molar-refractivity contribution in [1.29, 1.82) is 0 Å². The van der Waals surface area contributed by atoms with Crippen LogP contribution in [0.4, 0.5) is 0 Å². The summed E-state index contributed by atoms with van der Waals surface area (Å²) in [6, 6.07) is 7.00. The summed E-state index contributed by atoms with van der Waals surface area (Å²) in [5.41, 5.74) is 9.29. The molecule has 3 nitrogen and oxygen atoms in total. The Balaban J connectivity index is 2.29. The van der Waals surface area contributed by atoms with Crippen LogP contribution in [0.1, 0.15) is 51.0 Å². The van der Waals surface area contributed by atoms with Gasteiger partial charge in [-0.05, 0) is 63.8 Å². The Kier molecular flexibility index (Phi) is 4.81. The molecule has 0 fully saturated rings. The van der Waals surface area contributed by atoms with Crippen LogP contribution in [0, 0.1) is 12.8 Å². The third-order valence-corrected chi connectivity index (χ3v) is 3.95. The zero-order valence-electron chi connectivity index (χ0n) is 13.2. The number of hydrogen-bond donors (Lipinski definition) is 1. The van der Waals surface area contributed by atoms with Gasteiger partial charge in [0.25, 0.3) is 0 Å². The van der Waals surface area contributed by atoms with Crippen molar-refractivity contribution < 1.29 is 0 Å². The maximum absolute atomic E-state index is 5.63. The molecule has 0 saturated carbocycles. The maximum Gasteiger partial charge on any atom is 0.110 e. The SMILES string of the molecule is Cc1ccc2c(c1)nc(CCC(C)CCN)n2C(C)C. The topological polar surface area (TPSA) is 43.8 Å². The van der Waals surface area contributed by atoms with Crippen LogP contribution in [0.25, 0.3) is 11.0 Å². The number of imidazole rings is 1. The van der Waals surface area contributed by atoms with E-state index in [0.29, 0.717) is 12.0 Å². The van der Waals surface area contributed by atoms with E-state index in [1.807, 2.05) is 0 Å². The smallest absolute Gasteiger partial charge is 0.110 e. The molecule has 2 rings (SSSR count). The highest BCUT2D eigenvalue weighted by Gasteiger charge is 2.14. The number of aromatic nitrogens is 2. The number of nitrogens with two attached hydrogens (primary N) is 1. The minimum absolute atomic E-state index is 0.447. The standard InChI is InChI=1S/C17H27N3/c1-12(2)20-16-7-5-14(4)11-15(16)19-17(20)8-6-13(3)9-10-18/h5,7,11-13H,6,8-10,18H2,1-4H3. The molecule has 1 aromatic carbocycles. The van der Waals surface area contributed by atoms with Gasteiger partial charge in [-0.2, -0.15) is 0 Å². The van der Waals surface area contributed by atoms with Crippen LogP contribution in [0.5, 0.6) is 0 Å². The van der Waals surface area contributed by atoms with E-state index in [4.69, 9.17) is 10.7 Å². The Labute approximate surface area is 122 Å². The third-order valence-electron chi connectivity index (χ3n) is 3.95. The fourth-order valence-electron chi connectivity index (χ4n) is 2.82. The van der Waals surface area contributed by atoms with Crippen molar-refractivity contribution in [2.75, 3.05) is 6.54 Å². The predicted molar refractivity (Wildman–Crippen MR) is 86.0 cm³/mol. The number of aryl methyl sites for hydroxylation is 2. The van der Waals surface area contributed by atoms with E-state index in [0.717, 1.165) is 31.3 Å². The van der Waals surface area contributed by atoms with E-state index in [1.165, 1.54) is 16.9 Å². The lowest BCUT2D eigenvalue weighted by molar-refractivity contribution is 0.479. The predicted octanol–water partition coefficient (Wildman–Crippen LogP) is 3.84. The summed E-state index contributed by atoms with van der Waals surface area (Å²) in [5, 5.41) is 0. The van der Waals surface area contributed by atoms with Crippen LogP contribution in [-0.2, 0) is 6.42 Å². The summed E-state index contributed by atoms with van der Waals surface area (Å²) < 4.78 is 2.38. The van der Waals surface area contributed by atoms with Gasteiger partial charge < -0.3 is 10.3 Å². The highest BCUT2D eigenvalue weighted by molar-refractivity contribution is 5.77. The second-order valence-corrected chi connectivity index (χ2v) is 6.21. The van der Waals surface area contributed by atoms with Gasteiger partial charge >= 0.3 is 0 Å². The number of hydrogen-bond acceptors (Lipinski definition) is 2. The highest BCUT2D eigenvalue weighted by atomic mass is 15.1. The van der Waals surface area contributed by atoms with Crippen molar-refractivity contribution in [1.82, 2.24) is 9.55 Å². The molecule has 0 spiro atoms. The average Bonchev–Trinajstić information content (AvgIpc) is 2.74. The number of fused-ring (bicyclic) bond motifs is 1. The molecular weight excluding hydrogens is 246 g/mol. The Morgan fingerprint density at radius 1 is 1.20 bits per heavy atom. The van der Waals surface area contributed by atoms with Crippen molar-refractivity contribution in [3.63, 3.8) is 0 Å². The molecule has 0 radical (unpaired) electrons. The molecule has 0 aliphatic carbocycles. The molecule has 0 aliphatic rings. The van der Waals surface area contributed by atoms with Crippen LogP contribution in [0.3, 0.4) is 0 Å². The third kappa shape index (κ3) is 3.21. The maximum atomic E-state index is 5.63. The van der Waals surface area contributed by atoms with E-state index >= 15 is 0 Å². The summed E-state index contributed by atoms with van der Waals surface area (Å²) in [6.07, 6.45) is 3.29. The molecule has 0 aliphatic heterocycles. The second kappa shape index (κ2) is 6.40. The average molecular weight is 273 g/mol. The van der Waals surface area contributed by atoms with Gasteiger partial charge in [-0.1, -0.05) is 13.0 Å². The number of benzene rings is 1. The van der Waals surface area contributed by atoms with Gasteiger partial charge in [-0.25, -0.2) is 4.98 Å². The van der Waals surface area contributed by atoms with Gasteiger partial charge in [-0.3, -0.25) is 0 Å². The molecule has 1 aromatic heterocycles. The molecular formula is C17H27N3. The first-order valence-corrected chi connectivity index (χ1v) is 7.70. The largest absolute Gasteiger partial charge is 0.330 e. The van der Waals surface area contributed by atoms with Crippen molar-refractivity contribution in [2.24, 2.45) is 11.7 Å². The first-order valence-electron chi connectivity index (χ1n) is 7.70. The lowest BCUT2D eigenvalue weighted by Crippen LogP contribution is -2.10. The van der Waals surface area contributed by atoms with E-state index in [1.54, 1.807) is 0 Å². The summed E-state index contributed by atoms with van der Waals surface area (Å²) >= 11 is 0. The minimum Gasteiger partial charge on any atom is -0.330 e. The number of rotatable bonds is 6. The normalized spacial score (nSPS) is 13.3. The molecule has 0 amide bonds. The van der Waals surface area contributed by atoms with E-state index < -0.39 is 0 Å². The van der Waals surface area contributed by atoms with Gasteiger partial charge in [0.2, 0.25) is 0 Å². The summed E-state index contributed by atoms with van der Waals surface area (Å²) in [6.45, 7) is 9.64. The van der Waals surface area contributed by atoms with Crippen LogP contribution >= 0.6 is 0 Å². The molecule has 3 heteroatoms.